The van der Waals surface area contributed by atoms with E-state index in [0.29, 0.717) is 12.8 Å². The topological polar surface area (TPSA) is 0 Å². The van der Waals surface area contributed by atoms with Crippen LogP contribution in [0, 0.1) is 6.92 Å². The third-order valence-electron chi connectivity index (χ3n) is 2.71. The Hall–Kier alpha value is -0.990. The lowest BCUT2D eigenvalue weighted by molar-refractivity contribution is -0.137. The highest BCUT2D eigenvalue weighted by Crippen LogP contribution is 2.32. The van der Waals surface area contributed by atoms with E-state index in [4.69, 9.17) is 0 Å². The lowest BCUT2D eigenvalue weighted by Gasteiger charge is -2.14. The fourth-order valence-electron chi connectivity index (χ4n) is 1.74. The Kier molecular flexibility index (Phi) is 3.42. The van der Waals surface area contributed by atoms with Crippen molar-refractivity contribution >= 4 is 0 Å². The van der Waals surface area contributed by atoms with Gasteiger partial charge in [-0.2, -0.15) is 13.2 Å². The number of alkyl halides is 3. The smallest absolute Gasteiger partial charge is 0.166 e. The molecule has 0 spiro atoms. The monoisotopic (exact) mass is 216 g/mol. The summed E-state index contributed by atoms with van der Waals surface area (Å²) in [5.74, 6) is 0. The SMILES string of the molecule is CCc1cc(C(F)(F)F)cc(CC)c1C. The highest BCUT2D eigenvalue weighted by Gasteiger charge is 2.31. The largest absolute Gasteiger partial charge is 0.416 e. The molecule has 84 valence electrons. The molecule has 0 amide bonds. The Morgan fingerprint density at radius 2 is 1.40 bits per heavy atom. The standard InChI is InChI=1S/C12H15F3/c1-4-9-6-11(12(13,14)15)7-10(5-2)8(9)3/h6-7H,4-5H2,1-3H3. The molecule has 0 unspecified atom stereocenters. The summed E-state index contributed by atoms with van der Waals surface area (Å²) in [6, 6.07) is 2.52. The molecule has 1 aromatic rings. The van der Waals surface area contributed by atoms with Crippen molar-refractivity contribution in [3.63, 3.8) is 0 Å². The molecule has 0 aliphatic carbocycles. The van der Waals surface area contributed by atoms with Gasteiger partial charge in [0.25, 0.3) is 0 Å². The summed E-state index contributed by atoms with van der Waals surface area (Å²) in [7, 11) is 0. The van der Waals surface area contributed by atoms with Crippen LogP contribution in [-0.2, 0) is 19.0 Å². The third kappa shape index (κ3) is 2.52. The minimum absolute atomic E-state index is 0.526. The predicted octanol–water partition coefficient (Wildman–Crippen LogP) is 4.14. The van der Waals surface area contributed by atoms with E-state index in [1.165, 1.54) is 12.1 Å². The Morgan fingerprint density at radius 1 is 1.00 bits per heavy atom. The highest BCUT2D eigenvalue weighted by atomic mass is 19.4. The van der Waals surface area contributed by atoms with E-state index >= 15 is 0 Å². The van der Waals surface area contributed by atoms with Crippen LogP contribution in [0.1, 0.15) is 36.1 Å². The van der Waals surface area contributed by atoms with Crippen LogP contribution < -0.4 is 0 Å². The van der Waals surface area contributed by atoms with Crippen molar-refractivity contribution in [2.75, 3.05) is 0 Å². The van der Waals surface area contributed by atoms with Gasteiger partial charge in [-0.3, -0.25) is 0 Å². The molecule has 0 aromatic heterocycles. The summed E-state index contributed by atoms with van der Waals surface area (Å²) in [5.41, 5.74) is 2.05. The maximum absolute atomic E-state index is 12.6. The molecule has 0 fully saturated rings. The van der Waals surface area contributed by atoms with Crippen LogP contribution in [0.25, 0.3) is 0 Å². The lowest BCUT2D eigenvalue weighted by Crippen LogP contribution is -2.08. The van der Waals surface area contributed by atoms with Crippen LogP contribution in [0.3, 0.4) is 0 Å². The van der Waals surface area contributed by atoms with Crippen molar-refractivity contribution in [1.29, 1.82) is 0 Å². The van der Waals surface area contributed by atoms with E-state index in [1.807, 2.05) is 20.8 Å². The van der Waals surface area contributed by atoms with E-state index in [2.05, 4.69) is 0 Å². The first-order valence-corrected chi connectivity index (χ1v) is 5.09. The van der Waals surface area contributed by atoms with Crippen LogP contribution >= 0.6 is 0 Å². The molecule has 0 saturated carbocycles. The van der Waals surface area contributed by atoms with Gasteiger partial charge in [0, 0.05) is 0 Å². The van der Waals surface area contributed by atoms with Crippen molar-refractivity contribution in [3.8, 4) is 0 Å². The van der Waals surface area contributed by atoms with Crippen molar-refractivity contribution in [1.82, 2.24) is 0 Å². The molecule has 0 radical (unpaired) electrons. The Morgan fingerprint density at radius 3 is 1.67 bits per heavy atom. The van der Waals surface area contributed by atoms with Gasteiger partial charge in [-0.25, -0.2) is 0 Å². The first kappa shape index (κ1) is 12.1. The molecule has 0 saturated heterocycles. The van der Waals surface area contributed by atoms with Crippen molar-refractivity contribution in [2.24, 2.45) is 0 Å². The second-order valence-corrected chi connectivity index (χ2v) is 3.62. The van der Waals surface area contributed by atoms with E-state index < -0.39 is 11.7 Å². The van der Waals surface area contributed by atoms with Crippen molar-refractivity contribution in [3.05, 3.63) is 34.4 Å². The van der Waals surface area contributed by atoms with Crippen molar-refractivity contribution in [2.45, 2.75) is 39.8 Å². The van der Waals surface area contributed by atoms with Gasteiger partial charge in [0.1, 0.15) is 0 Å². The molecule has 0 aliphatic heterocycles. The Bertz CT molecular complexity index is 325. The second-order valence-electron chi connectivity index (χ2n) is 3.62. The number of hydrogen-bond acceptors (Lipinski definition) is 0. The Labute approximate surface area is 88.1 Å². The number of benzene rings is 1. The molecule has 15 heavy (non-hydrogen) atoms. The van der Waals surface area contributed by atoms with Gasteiger partial charge in [-0.05, 0) is 48.6 Å². The summed E-state index contributed by atoms with van der Waals surface area (Å²) >= 11 is 0. The molecule has 0 nitrogen and oxygen atoms in total. The maximum Gasteiger partial charge on any atom is 0.416 e. The molecule has 1 aromatic carbocycles. The van der Waals surface area contributed by atoms with Gasteiger partial charge in [-0.1, -0.05) is 13.8 Å². The van der Waals surface area contributed by atoms with Gasteiger partial charge in [0.15, 0.2) is 0 Å². The molecule has 1 rings (SSSR count). The number of hydrogen-bond donors (Lipinski definition) is 0. The van der Waals surface area contributed by atoms with Crippen LogP contribution in [0.2, 0.25) is 0 Å². The molecule has 0 aliphatic rings. The zero-order chi connectivity index (χ0) is 11.6. The van der Waals surface area contributed by atoms with Gasteiger partial charge >= 0.3 is 6.18 Å². The number of halogens is 3. The fraction of sp³-hybridized carbons (Fsp3) is 0.500. The molecular formula is C12H15F3. The van der Waals surface area contributed by atoms with Gasteiger partial charge < -0.3 is 0 Å². The summed E-state index contributed by atoms with van der Waals surface area (Å²) in [4.78, 5) is 0. The van der Waals surface area contributed by atoms with E-state index in [0.717, 1.165) is 16.7 Å². The van der Waals surface area contributed by atoms with E-state index in [-0.39, 0.29) is 0 Å². The normalized spacial score (nSPS) is 11.9. The Balaban J connectivity index is 3.33. The number of aryl methyl sites for hydroxylation is 2. The zero-order valence-electron chi connectivity index (χ0n) is 9.20. The molecule has 3 heteroatoms. The summed E-state index contributed by atoms with van der Waals surface area (Å²) in [6.45, 7) is 5.64. The average molecular weight is 216 g/mol. The molecular weight excluding hydrogens is 201 g/mol. The molecule has 0 bridgehead atoms. The third-order valence-corrected chi connectivity index (χ3v) is 2.71. The first-order valence-electron chi connectivity index (χ1n) is 5.09. The quantitative estimate of drug-likeness (QED) is 0.697. The van der Waals surface area contributed by atoms with E-state index in [1.54, 1.807) is 0 Å². The minimum atomic E-state index is -4.23. The minimum Gasteiger partial charge on any atom is -0.166 e. The average Bonchev–Trinajstić information content (AvgIpc) is 2.16. The summed E-state index contributed by atoms with van der Waals surface area (Å²) < 4.78 is 37.7. The lowest BCUT2D eigenvalue weighted by atomic mass is 9.95. The van der Waals surface area contributed by atoms with Crippen LogP contribution in [0.15, 0.2) is 12.1 Å². The molecule has 0 heterocycles. The maximum atomic E-state index is 12.6. The fourth-order valence-corrected chi connectivity index (χ4v) is 1.74. The zero-order valence-corrected chi connectivity index (χ0v) is 9.20. The van der Waals surface area contributed by atoms with Crippen LogP contribution in [0.4, 0.5) is 13.2 Å². The highest BCUT2D eigenvalue weighted by molar-refractivity contribution is 5.39. The van der Waals surface area contributed by atoms with Crippen LogP contribution in [-0.4, -0.2) is 0 Å². The molecule has 0 N–H and O–H groups in total. The van der Waals surface area contributed by atoms with E-state index in [9.17, 15) is 13.2 Å². The molecule has 0 atom stereocenters. The summed E-state index contributed by atoms with van der Waals surface area (Å²) in [5, 5.41) is 0. The first-order chi connectivity index (χ1) is 6.90. The van der Waals surface area contributed by atoms with Gasteiger partial charge in [0.05, 0.1) is 5.56 Å². The van der Waals surface area contributed by atoms with Crippen molar-refractivity contribution < 1.29 is 13.2 Å². The number of rotatable bonds is 2. The second kappa shape index (κ2) is 4.25. The van der Waals surface area contributed by atoms with Gasteiger partial charge in [-0.15, -0.1) is 0 Å². The predicted molar refractivity (Wildman–Crippen MR) is 54.9 cm³/mol. The summed E-state index contributed by atoms with van der Waals surface area (Å²) in [6.07, 6.45) is -2.95. The van der Waals surface area contributed by atoms with Gasteiger partial charge in [0.2, 0.25) is 0 Å². The van der Waals surface area contributed by atoms with Crippen LogP contribution in [0.5, 0.6) is 0 Å².